The highest BCUT2D eigenvalue weighted by Crippen LogP contribution is 2.59. The Morgan fingerprint density at radius 2 is 1.52 bits per heavy atom. The van der Waals surface area contributed by atoms with E-state index in [2.05, 4.69) is 45.0 Å². The van der Waals surface area contributed by atoms with Crippen LogP contribution < -0.4 is 15.3 Å². The molecule has 2 heterocycles. The van der Waals surface area contributed by atoms with Crippen molar-refractivity contribution in [1.29, 1.82) is 0 Å². The van der Waals surface area contributed by atoms with Gasteiger partial charge in [-0.15, -0.1) is 0 Å². The minimum atomic E-state index is -3.07. The number of phenolic OH excluding ortho intramolecular Hbond substituents is 1. The lowest BCUT2D eigenvalue weighted by atomic mass is 9.64. The number of imide groups is 1. The third kappa shape index (κ3) is 5.45. The second kappa shape index (κ2) is 12.6. The number of anilines is 1. The molecule has 3 aliphatic rings. The Kier molecular flexibility index (Phi) is 8.50. The molecule has 7 rings (SSSR count). The largest absolute Gasteiger partial charge is 0.508 e. The second-order valence-corrected chi connectivity index (χ2v) is 18.9. The van der Waals surface area contributed by atoms with Crippen molar-refractivity contribution in [3.8, 4) is 5.75 Å². The first-order valence-electron chi connectivity index (χ1n) is 16.9. The van der Waals surface area contributed by atoms with E-state index in [1.54, 1.807) is 24.3 Å². The summed E-state index contributed by atoms with van der Waals surface area (Å²) < 4.78 is 13.9. The van der Waals surface area contributed by atoms with Gasteiger partial charge in [0, 0.05) is 30.6 Å². The van der Waals surface area contributed by atoms with Crippen molar-refractivity contribution in [2.24, 2.45) is 23.7 Å². The third-order valence-corrected chi connectivity index (χ3v) is 15.9. The summed E-state index contributed by atoms with van der Waals surface area (Å²) >= 11 is 0. The molecule has 4 aromatic carbocycles. The van der Waals surface area contributed by atoms with Gasteiger partial charge in [0.25, 0.3) is 14.0 Å². The molecule has 0 radical (unpaired) electrons. The smallest absolute Gasteiger partial charge is 0.271 e. The van der Waals surface area contributed by atoms with Crippen molar-refractivity contribution < 1.29 is 33.9 Å². The van der Waals surface area contributed by atoms with Crippen molar-refractivity contribution in [2.45, 2.75) is 50.5 Å². The first-order valence-corrected chi connectivity index (χ1v) is 18.8. The first-order chi connectivity index (χ1) is 23.8. The van der Waals surface area contributed by atoms with Gasteiger partial charge < -0.3 is 19.4 Å². The number of rotatable bonds is 8. The van der Waals surface area contributed by atoms with E-state index in [0.717, 1.165) is 20.8 Å². The van der Waals surface area contributed by atoms with E-state index >= 15 is 0 Å². The molecule has 2 amide bonds. The number of phenols is 1. The van der Waals surface area contributed by atoms with Crippen molar-refractivity contribution in [1.82, 2.24) is 0 Å². The van der Waals surface area contributed by atoms with Gasteiger partial charge in [0.15, 0.2) is 5.79 Å². The average molecular weight is 693 g/mol. The lowest BCUT2D eigenvalue weighted by Gasteiger charge is -2.48. The molecule has 1 aliphatic carbocycles. The predicted molar refractivity (Wildman–Crippen MR) is 189 cm³/mol. The van der Waals surface area contributed by atoms with Crippen LogP contribution in [-0.4, -0.2) is 47.7 Å². The van der Waals surface area contributed by atoms with Crippen molar-refractivity contribution in [2.75, 3.05) is 11.5 Å². The van der Waals surface area contributed by atoms with Crippen LogP contribution >= 0.6 is 0 Å². The Morgan fingerprint density at radius 3 is 2.10 bits per heavy atom. The van der Waals surface area contributed by atoms with Gasteiger partial charge in [-0.2, -0.15) is 0 Å². The minimum Gasteiger partial charge on any atom is -0.508 e. The second-order valence-electron chi connectivity index (χ2n) is 14.6. The number of aromatic hydroxyl groups is 1. The molecule has 2 N–H and O–H groups in total. The monoisotopic (exact) mass is 692 g/mol. The molecule has 0 bridgehead atoms. The van der Waals surface area contributed by atoms with Crippen LogP contribution in [0.15, 0.2) is 109 Å². The number of hydrogen-bond acceptors (Lipinski definition) is 8. The highest BCUT2D eigenvalue weighted by molar-refractivity contribution is 6.99. The summed E-state index contributed by atoms with van der Waals surface area (Å²) in [5, 5.41) is 36.0. The van der Waals surface area contributed by atoms with Crippen LogP contribution in [0.1, 0.15) is 45.3 Å². The van der Waals surface area contributed by atoms with Gasteiger partial charge in [-0.05, 0) is 52.0 Å². The maximum absolute atomic E-state index is 14.2. The van der Waals surface area contributed by atoms with E-state index in [0.29, 0.717) is 0 Å². The Bertz CT molecular complexity index is 1880. The maximum atomic E-state index is 14.2. The zero-order valence-electron chi connectivity index (χ0n) is 28.1. The number of ether oxygens (including phenoxy) is 1. The number of hydrogen-bond donors (Lipinski definition) is 2. The molecule has 4 aromatic rings. The summed E-state index contributed by atoms with van der Waals surface area (Å²) in [5.41, 5.74) is 0.616. The van der Waals surface area contributed by atoms with Gasteiger partial charge in [-0.1, -0.05) is 99.6 Å². The molecule has 2 aliphatic heterocycles. The van der Waals surface area contributed by atoms with Crippen LogP contribution in [0.2, 0.25) is 5.04 Å². The van der Waals surface area contributed by atoms with E-state index in [9.17, 15) is 29.9 Å². The fourth-order valence-electron chi connectivity index (χ4n) is 8.56. The summed E-state index contributed by atoms with van der Waals surface area (Å²) in [6.45, 7) is 6.55. The van der Waals surface area contributed by atoms with Crippen LogP contribution in [0.25, 0.3) is 0 Å². The Labute approximate surface area is 291 Å². The summed E-state index contributed by atoms with van der Waals surface area (Å²) in [5.74, 6) is -5.86. The molecule has 1 saturated carbocycles. The summed E-state index contributed by atoms with van der Waals surface area (Å²) in [6, 6.07) is 32.3. The number of fused-ring (bicyclic) bond motifs is 3. The molecule has 258 valence electrons. The van der Waals surface area contributed by atoms with E-state index in [-0.39, 0.29) is 41.6 Å². The average Bonchev–Trinajstić information content (AvgIpc) is 3.58. The lowest BCUT2D eigenvalue weighted by Crippen LogP contribution is -2.67. The number of carbonyl (C=O) groups is 2. The molecule has 11 heteroatoms. The van der Waals surface area contributed by atoms with Crippen LogP contribution in [0.3, 0.4) is 0 Å². The summed E-state index contributed by atoms with van der Waals surface area (Å²) in [4.78, 5) is 40.5. The van der Waals surface area contributed by atoms with Crippen LogP contribution in [0.5, 0.6) is 5.75 Å². The van der Waals surface area contributed by atoms with E-state index in [4.69, 9.17) is 9.16 Å². The highest BCUT2D eigenvalue weighted by Gasteiger charge is 2.67. The van der Waals surface area contributed by atoms with Gasteiger partial charge >= 0.3 is 0 Å². The van der Waals surface area contributed by atoms with Crippen molar-refractivity contribution in [3.63, 3.8) is 0 Å². The fraction of sp³-hybridized carbons (Fsp3) is 0.333. The Morgan fingerprint density at radius 1 is 0.900 bits per heavy atom. The van der Waals surface area contributed by atoms with Gasteiger partial charge in [-0.25, -0.2) is 4.90 Å². The summed E-state index contributed by atoms with van der Waals surface area (Å²) in [7, 11) is -3.07. The molecular weight excluding hydrogens is 653 g/mol. The normalized spacial score (nSPS) is 26.5. The maximum Gasteiger partial charge on any atom is 0.271 e. The van der Waals surface area contributed by atoms with E-state index in [1.165, 1.54) is 24.3 Å². The molecule has 0 unspecified atom stereocenters. The van der Waals surface area contributed by atoms with Crippen molar-refractivity contribution in [3.05, 3.63) is 125 Å². The van der Waals surface area contributed by atoms with Crippen molar-refractivity contribution >= 4 is 41.9 Å². The van der Waals surface area contributed by atoms with Gasteiger partial charge in [-0.3, -0.25) is 19.7 Å². The topological polar surface area (TPSA) is 139 Å². The zero-order chi connectivity index (χ0) is 35.4. The highest BCUT2D eigenvalue weighted by atomic mass is 28.4. The molecule has 0 spiro atoms. The standard InChI is InChI=1S/C39H40N2O8Si/c1-38(2,3)50(30-13-6-4-7-14-30,31-15-8-5-9-16-31)48-24-26-21-32-35(33-23-34(49-39(26,33)45)25-17-19-29(42)20-18-25)37(44)40(36(32)43)27-11-10-12-28(22-27)41(46)47/h4-20,22,26,32-35,42,45H,21,23-24H2,1-3H3/t26-,32+,33+,34+,35+,39-/m1/s1. The number of non-ortho nitro benzene ring substituents is 1. The first kappa shape index (κ1) is 33.8. The molecule has 6 atom stereocenters. The zero-order valence-corrected chi connectivity index (χ0v) is 29.1. The Hall–Kier alpha value is -4.68. The number of amides is 2. The lowest BCUT2D eigenvalue weighted by molar-refractivity contribution is -0.384. The van der Waals surface area contributed by atoms with Gasteiger partial charge in [0.05, 0.1) is 28.6 Å². The number of benzene rings is 4. The number of carbonyl (C=O) groups excluding carboxylic acids is 2. The fourth-order valence-corrected chi connectivity index (χ4v) is 13.2. The molecule has 10 nitrogen and oxygen atoms in total. The van der Waals surface area contributed by atoms with Crippen LogP contribution in [0, 0.1) is 33.8 Å². The minimum absolute atomic E-state index is 0.0596. The van der Waals surface area contributed by atoms with Crippen LogP contribution in [-0.2, 0) is 18.8 Å². The third-order valence-electron chi connectivity index (χ3n) is 10.8. The number of nitro groups is 1. The summed E-state index contributed by atoms with van der Waals surface area (Å²) in [6.07, 6.45) is -0.247. The molecule has 0 aromatic heterocycles. The predicted octanol–water partition coefficient (Wildman–Crippen LogP) is 5.47. The Balaban J connectivity index is 1.30. The molecule has 2 saturated heterocycles. The van der Waals surface area contributed by atoms with Gasteiger partial charge in [0.2, 0.25) is 11.8 Å². The molecule has 50 heavy (non-hydrogen) atoms. The quantitative estimate of drug-likeness (QED) is 0.107. The van der Waals surface area contributed by atoms with Gasteiger partial charge in [0.1, 0.15) is 5.75 Å². The number of nitrogens with zero attached hydrogens (tertiary/aromatic N) is 2. The van der Waals surface area contributed by atoms with E-state index in [1.807, 2.05) is 36.4 Å². The van der Waals surface area contributed by atoms with E-state index < -0.39 is 60.6 Å². The van der Waals surface area contributed by atoms with Crippen LogP contribution in [0.4, 0.5) is 11.4 Å². The SMILES string of the molecule is CC(C)(C)[Si](OC[C@H]1C[C@@H]2C(=O)N(c3cccc([N+](=O)[O-])c3)C(=O)[C@@H]2[C@@H]2C[C@@H](c3ccc(O)cc3)O[C@]12O)(c1ccccc1)c1ccccc1. The molecule has 3 fully saturated rings. The molecular formula is C39H40N2O8Si. The number of aliphatic hydroxyl groups is 1. The number of nitro benzene ring substituents is 1.